The molecule has 0 radical (unpaired) electrons. The molecule has 0 saturated heterocycles. The lowest BCUT2D eigenvalue weighted by Gasteiger charge is -2.14. The summed E-state index contributed by atoms with van der Waals surface area (Å²) in [7, 11) is 3.75. The second-order valence-electron chi connectivity index (χ2n) is 4.51. The lowest BCUT2D eigenvalue weighted by atomic mass is 10.0. The van der Waals surface area contributed by atoms with Crippen LogP contribution in [0.5, 0.6) is 0 Å². The van der Waals surface area contributed by atoms with Crippen LogP contribution in [0.2, 0.25) is 0 Å². The van der Waals surface area contributed by atoms with Gasteiger partial charge in [0, 0.05) is 14.1 Å². The predicted octanol–water partition coefficient (Wildman–Crippen LogP) is 3.72. The summed E-state index contributed by atoms with van der Waals surface area (Å²) in [5.74, 6) is 0. The van der Waals surface area contributed by atoms with E-state index in [0.29, 0.717) is 11.8 Å². The SMILES string of the molecule is CN(C)C(=S)OCc1ccc(-c2ccccc2)cc1. The number of nitrogens with zero attached hydrogens (tertiary/aromatic N) is 1. The Morgan fingerprint density at radius 3 is 2.11 bits per heavy atom. The van der Waals surface area contributed by atoms with Crippen LogP contribution in [0.1, 0.15) is 5.56 Å². The van der Waals surface area contributed by atoms with E-state index in [1.165, 1.54) is 11.1 Å². The molecule has 2 nitrogen and oxygen atoms in total. The van der Waals surface area contributed by atoms with Crippen molar-refractivity contribution in [1.82, 2.24) is 4.90 Å². The van der Waals surface area contributed by atoms with Crippen molar-refractivity contribution in [3.63, 3.8) is 0 Å². The van der Waals surface area contributed by atoms with E-state index in [9.17, 15) is 0 Å². The molecule has 0 atom stereocenters. The maximum Gasteiger partial charge on any atom is 0.259 e. The summed E-state index contributed by atoms with van der Waals surface area (Å²) in [6.07, 6.45) is 0. The summed E-state index contributed by atoms with van der Waals surface area (Å²) in [6.45, 7) is 0.506. The molecule has 2 aromatic carbocycles. The van der Waals surface area contributed by atoms with E-state index in [4.69, 9.17) is 17.0 Å². The topological polar surface area (TPSA) is 12.5 Å². The van der Waals surface area contributed by atoms with Crippen LogP contribution in [0.15, 0.2) is 54.6 Å². The summed E-state index contributed by atoms with van der Waals surface area (Å²) in [5, 5.41) is 0.507. The van der Waals surface area contributed by atoms with Crippen LogP contribution in [0.4, 0.5) is 0 Å². The van der Waals surface area contributed by atoms with E-state index in [0.717, 1.165) is 5.56 Å². The zero-order valence-electron chi connectivity index (χ0n) is 11.2. The Bertz CT molecular complexity index is 534. The minimum atomic E-state index is 0.506. The number of rotatable bonds is 3. The quantitative estimate of drug-likeness (QED) is 0.790. The molecule has 0 saturated carbocycles. The highest BCUT2D eigenvalue weighted by molar-refractivity contribution is 7.79. The molecule has 0 amide bonds. The molecule has 0 aliphatic heterocycles. The molecule has 2 aromatic rings. The summed E-state index contributed by atoms with van der Waals surface area (Å²) >= 11 is 5.08. The molecule has 0 heterocycles. The first-order valence-electron chi connectivity index (χ1n) is 6.15. The van der Waals surface area contributed by atoms with Crippen molar-refractivity contribution in [2.75, 3.05) is 14.1 Å². The normalized spacial score (nSPS) is 10.0. The highest BCUT2D eigenvalue weighted by atomic mass is 32.1. The molecule has 0 fully saturated rings. The Kier molecular flexibility index (Phi) is 4.53. The highest BCUT2D eigenvalue weighted by Gasteiger charge is 2.01. The monoisotopic (exact) mass is 271 g/mol. The Morgan fingerprint density at radius 1 is 0.947 bits per heavy atom. The zero-order chi connectivity index (χ0) is 13.7. The number of thiocarbonyl (C=S) groups is 1. The van der Waals surface area contributed by atoms with E-state index < -0.39 is 0 Å². The number of ether oxygens (including phenoxy) is 1. The van der Waals surface area contributed by atoms with E-state index >= 15 is 0 Å². The van der Waals surface area contributed by atoms with Gasteiger partial charge in [-0.3, -0.25) is 0 Å². The van der Waals surface area contributed by atoms with Gasteiger partial charge in [0.15, 0.2) is 0 Å². The summed E-state index contributed by atoms with van der Waals surface area (Å²) in [4.78, 5) is 1.79. The van der Waals surface area contributed by atoms with Gasteiger partial charge in [-0.2, -0.15) is 0 Å². The van der Waals surface area contributed by atoms with Crippen molar-refractivity contribution in [1.29, 1.82) is 0 Å². The fraction of sp³-hybridized carbons (Fsp3) is 0.188. The zero-order valence-corrected chi connectivity index (χ0v) is 12.0. The third-order valence-corrected chi connectivity index (χ3v) is 3.27. The van der Waals surface area contributed by atoms with Crippen molar-refractivity contribution in [3.05, 3.63) is 60.2 Å². The van der Waals surface area contributed by atoms with Gasteiger partial charge in [-0.1, -0.05) is 54.6 Å². The fourth-order valence-electron chi connectivity index (χ4n) is 1.70. The Hall–Kier alpha value is -1.87. The minimum absolute atomic E-state index is 0.506. The second kappa shape index (κ2) is 6.34. The number of hydrogen-bond acceptors (Lipinski definition) is 2. The third kappa shape index (κ3) is 3.80. The molecular formula is C16H17NOS. The average Bonchev–Trinajstić information content (AvgIpc) is 2.46. The first-order chi connectivity index (χ1) is 9.16. The summed E-state index contributed by atoms with van der Waals surface area (Å²) < 4.78 is 5.49. The molecular weight excluding hydrogens is 254 g/mol. The molecule has 19 heavy (non-hydrogen) atoms. The van der Waals surface area contributed by atoms with Crippen LogP contribution in [-0.2, 0) is 11.3 Å². The van der Waals surface area contributed by atoms with Crippen molar-refractivity contribution in [2.24, 2.45) is 0 Å². The molecule has 3 heteroatoms. The lowest BCUT2D eigenvalue weighted by molar-refractivity contribution is 0.257. The molecule has 0 aliphatic rings. The van der Waals surface area contributed by atoms with Gasteiger partial charge < -0.3 is 9.64 Å². The first kappa shape index (κ1) is 13.6. The van der Waals surface area contributed by atoms with Crippen LogP contribution in [0.25, 0.3) is 11.1 Å². The molecule has 0 aliphatic carbocycles. The van der Waals surface area contributed by atoms with Gasteiger partial charge in [0.2, 0.25) is 0 Å². The maximum absolute atomic E-state index is 5.49. The van der Waals surface area contributed by atoms with Crippen LogP contribution in [-0.4, -0.2) is 24.2 Å². The maximum atomic E-state index is 5.49. The van der Waals surface area contributed by atoms with Gasteiger partial charge >= 0.3 is 0 Å². The van der Waals surface area contributed by atoms with Crippen LogP contribution in [0, 0.1) is 0 Å². The van der Waals surface area contributed by atoms with Crippen LogP contribution < -0.4 is 0 Å². The Labute approximate surface area is 119 Å². The van der Waals surface area contributed by atoms with E-state index in [2.05, 4.69) is 36.4 Å². The average molecular weight is 271 g/mol. The first-order valence-corrected chi connectivity index (χ1v) is 6.56. The van der Waals surface area contributed by atoms with Gasteiger partial charge in [-0.15, -0.1) is 0 Å². The highest BCUT2D eigenvalue weighted by Crippen LogP contribution is 2.19. The summed E-state index contributed by atoms with van der Waals surface area (Å²) in [6, 6.07) is 18.7. The molecule has 0 aromatic heterocycles. The molecule has 0 unspecified atom stereocenters. The van der Waals surface area contributed by atoms with Gasteiger partial charge in [-0.25, -0.2) is 0 Å². The van der Waals surface area contributed by atoms with Crippen molar-refractivity contribution in [3.8, 4) is 11.1 Å². The van der Waals surface area contributed by atoms with E-state index in [1.807, 2.05) is 32.3 Å². The van der Waals surface area contributed by atoms with Gasteiger partial charge in [0.1, 0.15) is 6.61 Å². The second-order valence-corrected chi connectivity index (χ2v) is 4.86. The van der Waals surface area contributed by atoms with Crippen molar-refractivity contribution in [2.45, 2.75) is 6.61 Å². The summed E-state index contributed by atoms with van der Waals surface area (Å²) in [5.41, 5.74) is 3.54. The lowest BCUT2D eigenvalue weighted by Crippen LogP contribution is -2.22. The van der Waals surface area contributed by atoms with E-state index in [1.54, 1.807) is 4.90 Å². The third-order valence-electron chi connectivity index (χ3n) is 2.79. The molecule has 0 N–H and O–H groups in total. The Morgan fingerprint density at radius 2 is 1.53 bits per heavy atom. The van der Waals surface area contributed by atoms with Gasteiger partial charge in [-0.05, 0) is 28.9 Å². The molecule has 98 valence electrons. The van der Waals surface area contributed by atoms with Crippen LogP contribution in [0.3, 0.4) is 0 Å². The standard InChI is InChI=1S/C16H17NOS/c1-17(2)16(19)18-12-13-8-10-15(11-9-13)14-6-4-3-5-7-14/h3-11H,12H2,1-2H3. The van der Waals surface area contributed by atoms with Gasteiger partial charge in [0.05, 0.1) is 0 Å². The smallest absolute Gasteiger partial charge is 0.259 e. The Balaban J connectivity index is 2.01. The number of benzene rings is 2. The van der Waals surface area contributed by atoms with E-state index in [-0.39, 0.29) is 0 Å². The minimum Gasteiger partial charge on any atom is -0.466 e. The van der Waals surface area contributed by atoms with Gasteiger partial charge in [0.25, 0.3) is 5.17 Å². The fourth-order valence-corrected chi connectivity index (χ4v) is 1.76. The van der Waals surface area contributed by atoms with Crippen molar-refractivity contribution < 1.29 is 4.74 Å². The van der Waals surface area contributed by atoms with Crippen molar-refractivity contribution >= 4 is 17.4 Å². The largest absolute Gasteiger partial charge is 0.466 e. The molecule has 2 rings (SSSR count). The molecule has 0 bridgehead atoms. The predicted molar refractivity (Wildman–Crippen MR) is 83.0 cm³/mol. The number of hydrogen-bond donors (Lipinski definition) is 0. The molecule has 0 spiro atoms. The van der Waals surface area contributed by atoms with Crippen LogP contribution >= 0.6 is 12.2 Å².